The van der Waals surface area contributed by atoms with Crippen molar-refractivity contribution >= 4 is 17.2 Å². The number of rotatable bonds is 2. The molecule has 1 atom stereocenters. The highest BCUT2D eigenvalue weighted by molar-refractivity contribution is 7.13. The van der Waals surface area contributed by atoms with Crippen LogP contribution in [0.5, 0.6) is 0 Å². The summed E-state index contributed by atoms with van der Waals surface area (Å²) >= 11 is 1.45. The predicted molar refractivity (Wildman–Crippen MR) is 77.7 cm³/mol. The fourth-order valence-corrected chi connectivity index (χ4v) is 3.15. The van der Waals surface area contributed by atoms with Crippen LogP contribution in [0.3, 0.4) is 0 Å². The van der Waals surface area contributed by atoms with E-state index in [9.17, 15) is 4.79 Å². The first-order chi connectivity index (χ1) is 9.75. The van der Waals surface area contributed by atoms with Crippen LogP contribution in [0.4, 0.5) is 0 Å². The maximum atomic E-state index is 12.6. The molecule has 1 unspecified atom stereocenters. The van der Waals surface area contributed by atoms with Crippen molar-refractivity contribution in [3.8, 4) is 0 Å². The quantitative estimate of drug-likeness (QED) is 0.912. The maximum Gasteiger partial charge on any atom is 0.266 e. The Bertz CT molecular complexity index is 598. The number of piperazine rings is 1. The number of carbonyl (C=O) groups excluding carboxylic acids is 1. The number of thiazole rings is 1. The molecule has 3 rings (SSSR count). The lowest BCUT2D eigenvalue weighted by Gasteiger charge is -2.36. The van der Waals surface area contributed by atoms with Crippen molar-refractivity contribution in [1.29, 1.82) is 0 Å². The van der Waals surface area contributed by atoms with Gasteiger partial charge >= 0.3 is 0 Å². The van der Waals surface area contributed by atoms with E-state index in [1.807, 2.05) is 30.2 Å². The summed E-state index contributed by atoms with van der Waals surface area (Å²) in [7, 11) is 0. The Hall–Kier alpha value is -1.79. The number of carbonyl (C=O) groups is 1. The highest BCUT2D eigenvalue weighted by Gasteiger charge is 2.29. The largest absolute Gasteiger partial charge is 0.328 e. The summed E-state index contributed by atoms with van der Waals surface area (Å²) in [5.41, 5.74) is 1.06. The normalized spacial score (nSPS) is 19.1. The van der Waals surface area contributed by atoms with Crippen molar-refractivity contribution in [1.82, 2.24) is 20.2 Å². The van der Waals surface area contributed by atoms with Crippen LogP contribution in [0.1, 0.15) is 26.3 Å². The van der Waals surface area contributed by atoms with E-state index in [2.05, 4.69) is 15.3 Å². The standard InChI is InChI=1S/C14H16N4OS/c1-10-17-9-13(20-10)14(19)18-6-5-16-8-12(18)11-3-2-4-15-7-11/h2-4,7,9,12,16H,5-6,8H2,1H3. The highest BCUT2D eigenvalue weighted by Crippen LogP contribution is 2.25. The molecule has 3 heterocycles. The topological polar surface area (TPSA) is 58.1 Å². The Labute approximate surface area is 121 Å². The molecule has 0 saturated carbocycles. The number of pyridine rings is 1. The zero-order valence-electron chi connectivity index (χ0n) is 11.2. The molecule has 1 N–H and O–H groups in total. The average Bonchev–Trinajstić information content (AvgIpc) is 2.94. The molecular formula is C14H16N4OS. The summed E-state index contributed by atoms with van der Waals surface area (Å²) in [5.74, 6) is 0.0611. The monoisotopic (exact) mass is 288 g/mol. The van der Waals surface area contributed by atoms with Crippen LogP contribution in [0.2, 0.25) is 0 Å². The molecule has 0 aliphatic carbocycles. The lowest BCUT2D eigenvalue weighted by molar-refractivity contribution is 0.0639. The van der Waals surface area contributed by atoms with Crippen LogP contribution >= 0.6 is 11.3 Å². The van der Waals surface area contributed by atoms with Crippen LogP contribution in [-0.2, 0) is 0 Å². The molecule has 2 aromatic heterocycles. The van der Waals surface area contributed by atoms with Gasteiger partial charge in [-0.3, -0.25) is 9.78 Å². The molecule has 1 saturated heterocycles. The minimum atomic E-state index is 0.0346. The summed E-state index contributed by atoms with van der Waals surface area (Å²) in [6, 6.07) is 3.96. The van der Waals surface area contributed by atoms with E-state index in [4.69, 9.17) is 0 Å². The minimum Gasteiger partial charge on any atom is -0.328 e. The van der Waals surface area contributed by atoms with Crippen molar-refractivity contribution in [3.05, 3.63) is 46.2 Å². The summed E-state index contributed by atoms with van der Waals surface area (Å²) in [4.78, 5) is 23.6. The van der Waals surface area contributed by atoms with Gasteiger partial charge in [0.15, 0.2) is 0 Å². The molecule has 0 aromatic carbocycles. The molecule has 0 bridgehead atoms. The molecule has 6 heteroatoms. The molecular weight excluding hydrogens is 272 g/mol. The maximum absolute atomic E-state index is 12.6. The van der Waals surface area contributed by atoms with Gasteiger partial charge in [0.25, 0.3) is 5.91 Å². The third-order valence-electron chi connectivity index (χ3n) is 3.41. The van der Waals surface area contributed by atoms with Crippen molar-refractivity contribution in [2.75, 3.05) is 19.6 Å². The number of hydrogen-bond acceptors (Lipinski definition) is 5. The molecule has 20 heavy (non-hydrogen) atoms. The molecule has 1 fully saturated rings. The molecule has 104 valence electrons. The van der Waals surface area contributed by atoms with E-state index in [-0.39, 0.29) is 11.9 Å². The van der Waals surface area contributed by atoms with E-state index in [1.165, 1.54) is 11.3 Å². The van der Waals surface area contributed by atoms with E-state index in [1.54, 1.807) is 12.4 Å². The van der Waals surface area contributed by atoms with Crippen molar-refractivity contribution < 1.29 is 4.79 Å². The smallest absolute Gasteiger partial charge is 0.266 e. The first-order valence-corrected chi connectivity index (χ1v) is 7.41. The number of amides is 1. The second-order valence-corrected chi connectivity index (χ2v) is 5.98. The summed E-state index contributed by atoms with van der Waals surface area (Å²) in [5, 5.41) is 4.26. The summed E-state index contributed by atoms with van der Waals surface area (Å²) < 4.78 is 0. The van der Waals surface area contributed by atoms with E-state index >= 15 is 0 Å². The highest BCUT2D eigenvalue weighted by atomic mass is 32.1. The van der Waals surface area contributed by atoms with Gasteiger partial charge < -0.3 is 10.2 Å². The van der Waals surface area contributed by atoms with Gasteiger partial charge in [-0.15, -0.1) is 11.3 Å². The molecule has 2 aromatic rings. The van der Waals surface area contributed by atoms with Crippen LogP contribution in [-0.4, -0.2) is 40.4 Å². The number of aromatic nitrogens is 2. The Kier molecular flexibility index (Phi) is 3.75. The second kappa shape index (κ2) is 5.68. The lowest BCUT2D eigenvalue weighted by Crippen LogP contribution is -2.48. The van der Waals surface area contributed by atoms with Gasteiger partial charge in [0.05, 0.1) is 17.2 Å². The van der Waals surface area contributed by atoms with Crippen LogP contribution < -0.4 is 5.32 Å². The Morgan fingerprint density at radius 3 is 3.10 bits per heavy atom. The zero-order valence-corrected chi connectivity index (χ0v) is 12.1. The van der Waals surface area contributed by atoms with E-state index in [0.29, 0.717) is 11.4 Å². The number of aryl methyl sites for hydroxylation is 1. The zero-order chi connectivity index (χ0) is 13.9. The predicted octanol–water partition coefficient (Wildman–Crippen LogP) is 1.63. The van der Waals surface area contributed by atoms with Gasteiger partial charge in [-0.25, -0.2) is 4.98 Å². The van der Waals surface area contributed by atoms with Gasteiger partial charge in [0.2, 0.25) is 0 Å². The third kappa shape index (κ3) is 2.57. The molecule has 1 amide bonds. The SMILES string of the molecule is Cc1ncc(C(=O)N2CCNCC2c2cccnc2)s1. The molecule has 1 aliphatic rings. The first kappa shape index (κ1) is 13.2. The van der Waals surface area contributed by atoms with Gasteiger partial charge in [-0.05, 0) is 18.6 Å². The molecule has 0 spiro atoms. The lowest BCUT2D eigenvalue weighted by atomic mass is 10.1. The Morgan fingerprint density at radius 2 is 2.40 bits per heavy atom. The molecule has 5 nitrogen and oxygen atoms in total. The third-order valence-corrected chi connectivity index (χ3v) is 4.31. The number of hydrogen-bond donors (Lipinski definition) is 1. The molecule has 0 radical (unpaired) electrons. The van der Waals surface area contributed by atoms with Gasteiger partial charge in [-0.2, -0.15) is 0 Å². The van der Waals surface area contributed by atoms with Crippen molar-refractivity contribution in [2.24, 2.45) is 0 Å². The van der Waals surface area contributed by atoms with Crippen molar-refractivity contribution in [3.63, 3.8) is 0 Å². The minimum absolute atomic E-state index is 0.0346. The van der Waals surface area contributed by atoms with Crippen molar-refractivity contribution in [2.45, 2.75) is 13.0 Å². The van der Waals surface area contributed by atoms with Gasteiger partial charge in [0.1, 0.15) is 4.88 Å². The first-order valence-electron chi connectivity index (χ1n) is 6.60. The number of nitrogens with zero attached hydrogens (tertiary/aromatic N) is 3. The van der Waals surface area contributed by atoms with E-state index < -0.39 is 0 Å². The van der Waals surface area contributed by atoms with Gasteiger partial charge in [-0.1, -0.05) is 6.07 Å². The van der Waals surface area contributed by atoms with Crippen LogP contribution in [0.15, 0.2) is 30.7 Å². The molecule has 1 aliphatic heterocycles. The number of nitrogens with one attached hydrogen (secondary N) is 1. The van der Waals surface area contributed by atoms with Crippen LogP contribution in [0, 0.1) is 6.92 Å². The fraction of sp³-hybridized carbons (Fsp3) is 0.357. The Morgan fingerprint density at radius 1 is 1.50 bits per heavy atom. The Balaban J connectivity index is 1.87. The fourth-order valence-electron chi connectivity index (χ4n) is 2.42. The average molecular weight is 288 g/mol. The summed E-state index contributed by atoms with van der Waals surface area (Å²) in [6.45, 7) is 4.20. The van der Waals surface area contributed by atoms with E-state index in [0.717, 1.165) is 23.7 Å². The summed E-state index contributed by atoms with van der Waals surface area (Å²) in [6.07, 6.45) is 5.25. The van der Waals surface area contributed by atoms with Crippen LogP contribution in [0.25, 0.3) is 0 Å². The van der Waals surface area contributed by atoms with Gasteiger partial charge in [0, 0.05) is 32.0 Å². The second-order valence-electron chi connectivity index (χ2n) is 4.75.